The van der Waals surface area contributed by atoms with Crippen LogP contribution in [0.4, 0.5) is 5.69 Å². The number of hydrogen-bond donors (Lipinski definition) is 0. The van der Waals surface area contributed by atoms with Gasteiger partial charge in [-0.1, -0.05) is 23.7 Å². The number of hydrogen-bond acceptors (Lipinski definition) is 4. The largest absolute Gasteiger partial charge is 0.340 e. The van der Waals surface area contributed by atoms with Gasteiger partial charge in [-0.2, -0.15) is 0 Å². The fourth-order valence-electron chi connectivity index (χ4n) is 2.53. The molecule has 1 heterocycles. The third-order valence-corrected chi connectivity index (χ3v) is 5.41. The Bertz CT molecular complexity index is 658. The molecule has 1 aromatic carbocycles. The first-order chi connectivity index (χ1) is 10.8. The molecule has 1 aliphatic rings. The highest BCUT2D eigenvalue weighted by Gasteiger charge is 2.23. The average Bonchev–Trinajstić information content (AvgIpc) is 2.48. The van der Waals surface area contributed by atoms with E-state index in [0.29, 0.717) is 23.8 Å². The molecule has 1 saturated heterocycles. The Morgan fingerprint density at radius 1 is 1.22 bits per heavy atom. The maximum absolute atomic E-state index is 12.3. The van der Waals surface area contributed by atoms with Crippen LogP contribution in [0.2, 0.25) is 5.02 Å². The minimum Gasteiger partial charge on any atom is -0.340 e. The number of rotatable bonds is 5. The zero-order valence-corrected chi connectivity index (χ0v) is 15.0. The summed E-state index contributed by atoms with van der Waals surface area (Å²) in [5, 5.41) is 0.352. The molecule has 8 heteroatoms. The molecule has 1 fully saturated rings. The fourth-order valence-corrected chi connectivity index (χ4v) is 3.76. The van der Waals surface area contributed by atoms with E-state index in [1.807, 2.05) is 7.05 Å². The SMILES string of the molecule is CN1CCN(C(=O)CCN(c2ccccc2Cl)S(C)(=O)=O)CC1. The number of halogens is 1. The molecule has 0 aliphatic carbocycles. The van der Waals surface area contributed by atoms with E-state index in [1.54, 1.807) is 29.2 Å². The predicted molar refractivity (Wildman–Crippen MR) is 92.3 cm³/mol. The van der Waals surface area contributed by atoms with Gasteiger partial charge in [0.25, 0.3) is 0 Å². The van der Waals surface area contributed by atoms with Crippen molar-refractivity contribution < 1.29 is 13.2 Å². The van der Waals surface area contributed by atoms with Crippen LogP contribution in [0, 0.1) is 0 Å². The van der Waals surface area contributed by atoms with E-state index in [-0.39, 0.29) is 18.9 Å². The number of likely N-dealkylation sites (N-methyl/N-ethyl adjacent to an activating group) is 1. The molecule has 6 nitrogen and oxygen atoms in total. The van der Waals surface area contributed by atoms with Crippen molar-refractivity contribution in [1.82, 2.24) is 9.80 Å². The standard InChI is InChI=1S/C15H22ClN3O3S/c1-17-9-11-18(12-10-17)15(20)7-8-19(23(2,21)22)14-6-4-3-5-13(14)16/h3-6H,7-12H2,1-2H3. The molecule has 23 heavy (non-hydrogen) atoms. The fraction of sp³-hybridized carbons (Fsp3) is 0.533. The Labute approximate surface area is 142 Å². The summed E-state index contributed by atoms with van der Waals surface area (Å²) in [5.74, 6) is -0.0289. The summed E-state index contributed by atoms with van der Waals surface area (Å²) in [5.41, 5.74) is 0.405. The Kier molecular flexibility index (Phi) is 5.89. The first-order valence-corrected chi connectivity index (χ1v) is 9.70. The van der Waals surface area contributed by atoms with Crippen LogP contribution in [0.3, 0.4) is 0 Å². The van der Waals surface area contributed by atoms with Crippen LogP contribution in [0.1, 0.15) is 6.42 Å². The normalized spacial score (nSPS) is 16.4. The summed E-state index contributed by atoms with van der Waals surface area (Å²) in [4.78, 5) is 16.3. The lowest BCUT2D eigenvalue weighted by Crippen LogP contribution is -2.48. The van der Waals surface area contributed by atoms with Crippen molar-refractivity contribution in [2.24, 2.45) is 0 Å². The summed E-state index contributed by atoms with van der Waals surface area (Å²) < 4.78 is 25.3. The zero-order valence-electron chi connectivity index (χ0n) is 13.4. The van der Waals surface area contributed by atoms with Crippen LogP contribution in [-0.2, 0) is 14.8 Å². The van der Waals surface area contributed by atoms with E-state index in [0.717, 1.165) is 19.3 Å². The lowest BCUT2D eigenvalue weighted by molar-refractivity contribution is -0.132. The van der Waals surface area contributed by atoms with Gasteiger partial charge >= 0.3 is 0 Å². The number of benzene rings is 1. The summed E-state index contributed by atoms with van der Waals surface area (Å²) in [7, 11) is -1.49. The molecule has 0 unspecified atom stereocenters. The van der Waals surface area contributed by atoms with Crippen LogP contribution in [0.25, 0.3) is 0 Å². The molecule has 1 aliphatic heterocycles. The van der Waals surface area contributed by atoms with Crippen molar-refractivity contribution in [1.29, 1.82) is 0 Å². The van der Waals surface area contributed by atoms with Crippen molar-refractivity contribution in [3.8, 4) is 0 Å². The van der Waals surface area contributed by atoms with Gasteiger partial charge in [-0.05, 0) is 19.2 Å². The second-order valence-corrected chi connectivity index (χ2v) is 8.03. The van der Waals surface area contributed by atoms with Gasteiger partial charge in [0, 0.05) is 39.1 Å². The van der Waals surface area contributed by atoms with Gasteiger partial charge < -0.3 is 9.80 Å². The number of anilines is 1. The number of sulfonamides is 1. The maximum atomic E-state index is 12.3. The number of amides is 1. The average molecular weight is 360 g/mol. The van der Waals surface area contributed by atoms with Crippen LogP contribution in [0.15, 0.2) is 24.3 Å². The van der Waals surface area contributed by atoms with Crippen molar-refractivity contribution in [2.45, 2.75) is 6.42 Å². The van der Waals surface area contributed by atoms with Gasteiger partial charge in [0.15, 0.2) is 0 Å². The Morgan fingerprint density at radius 3 is 2.39 bits per heavy atom. The number of piperazine rings is 1. The predicted octanol–water partition coefficient (Wildman–Crippen LogP) is 1.27. The van der Waals surface area contributed by atoms with E-state index in [2.05, 4.69) is 4.90 Å². The summed E-state index contributed by atoms with van der Waals surface area (Å²) >= 11 is 6.10. The quantitative estimate of drug-likeness (QED) is 0.794. The molecule has 0 aromatic heterocycles. The summed E-state index contributed by atoms with van der Waals surface area (Å²) in [6, 6.07) is 6.74. The van der Waals surface area contributed by atoms with Gasteiger partial charge in [-0.15, -0.1) is 0 Å². The lowest BCUT2D eigenvalue weighted by Gasteiger charge is -2.33. The number of carbonyl (C=O) groups is 1. The molecule has 1 aromatic rings. The molecule has 0 radical (unpaired) electrons. The molecule has 0 N–H and O–H groups in total. The molecule has 2 rings (SSSR count). The van der Waals surface area contributed by atoms with Crippen LogP contribution in [0.5, 0.6) is 0 Å². The molecular weight excluding hydrogens is 338 g/mol. The molecular formula is C15H22ClN3O3S. The molecule has 0 atom stereocenters. The van der Waals surface area contributed by atoms with Gasteiger partial charge in [0.1, 0.15) is 0 Å². The zero-order chi connectivity index (χ0) is 17.0. The van der Waals surface area contributed by atoms with Crippen molar-refractivity contribution in [3.05, 3.63) is 29.3 Å². The molecule has 0 saturated carbocycles. The lowest BCUT2D eigenvalue weighted by atomic mass is 10.2. The smallest absolute Gasteiger partial charge is 0.232 e. The van der Waals surface area contributed by atoms with Gasteiger partial charge in [0.05, 0.1) is 17.0 Å². The number of nitrogens with zero attached hydrogens (tertiary/aromatic N) is 3. The van der Waals surface area contributed by atoms with Crippen molar-refractivity contribution in [2.75, 3.05) is 50.3 Å². The second-order valence-electron chi connectivity index (χ2n) is 5.72. The minimum absolute atomic E-state index is 0.0289. The Hall–Kier alpha value is -1.31. The molecule has 0 spiro atoms. The van der Waals surface area contributed by atoms with E-state index in [4.69, 9.17) is 11.6 Å². The number of para-hydroxylation sites is 1. The van der Waals surface area contributed by atoms with E-state index < -0.39 is 10.0 Å². The highest BCUT2D eigenvalue weighted by molar-refractivity contribution is 7.92. The van der Waals surface area contributed by atoms with E-state index in [9.17, 15) is 13.2 Å². The Balaban J connectivity index is 2.05. The van der Waals surface area contributed by atoms with Crippen molar-refractivity contribution >= 4 is 33.2 Å². The van der Waals surface area contributed by atoms with E-state index >= 15 is 0 Å². The third kappa shape index (κ3) is 4.83. The third-order valence-electron chi connectivity index (χ3n) is 3.91. The van der Waals surface area contributed by atoms with Crippen LogP contribution < -0.4 is 4.31 Å². The summed E-state index contributed by atoms with van der Waals surface area (Å²) in [6.45, 7) is 3.13. The van der Waals surface area contributed by atoms with Gasteiger partial charge in [0.2, 0.25) is 15.9 Å². The first-order valence-electron chi connectivity index (χ1n) is 7.47. The maximum Gasteiger partial charge on any atom is 0.232 e. The van der Waals surface area contributed by atoms with E-state index in [1.165, 1.54) is 4.31 Å². The highest BCUT2D eigenvalue weighted by Crippen LogP contribution is 2.27. The number of carbonyl (C=O) groups excluding carboxylic acids is 1. The van der Waals surface area contributed by atoms with Crippen LogP contribution >= 0.6 is 11.6 Å². The summed E-state index contributed by atoms with van der Waals surface area (Å²) in [6.07, 6.45) is 1.26. The van der Waals surface area contributed by atoms with Gasteiger partial charge in [-0.3, -0.25) is 9.10 Å². The highest BCUT2D eigenvalue weighted by atomic mass is 35.5. The Morgan fingerprint density at radius 2 is 1.83 bits per heavy atom. The van der Waals surface area contributed by atoms with Gasteiger partial charge in [-0.25, -0.2) is 8.42 Å². The minimum atomic E-state index is -3.51. The molecule has 128 valence electrons. The monoisotopic (exact) mass is 359 g/mol. The molecule has 1 amide bonds. The second kappa shape index (κ2) is 7.51. The topological polar surface area (TPSA) is 60.9 Å². The molecule has 0 bridgehead atoms. The first kappa shape index (κ1) is 18.0. The van der Waals surface area contributed by atoms with Crippen LogP contribution in [-0.4, -0.2) is 70.2 Å². The van der Waals surface area contributed by atoms with Crippen molar-refractivity contribution in [3.63, 3.8) is 0 Å².